The van der Waals surface area contributed by atoms with Gasteiger partial charge in [0.1, 0.15) is 6.61 Å². The van der Waals surface area contributed by atoms with Gasteiger partial charge in [0, 0.05) is 11.5 Å². The van der Waals surface area contributed by atoms with E-state index in [1.54, 1.807) is 10.8 Å². The fourth-order valence-electron chi connectivity index (χ4n) is 1.28. The first-order valence-electron chi connectivity index (χ1n) is 5.87. The number of ether oxygens (including phenoxy) is 1. The van der Waals surface area contributed by atoms with Crippen LogP contribution < -0.4 is 5.73 Å². The van der Waals surface area contributed by atoms with Gasteiger partial charge in [-0.05, 0) is 12.3 Å². The fraction of sp³-hybridized carbons (Fsp3) is 0.909. The number of carbonyl (C=O) groups excluding carboxylic acids is 1. The molecule has 0 spiro atoms. The molecular formula is C11H23NO2S2. The van der Waals surface area contributed by atoms with Crippen molar-refractivity contribution in [3.05, 3.63) is 0 Å². The molecule has 1 amide bonds. The highest BCUT2D eigenvalue weighted by Crippen LogP contribution is 2.27. The van der Waals surface area contributed by atoms with Crippen LogP contribution in [0.25, 0.3) is 0 Å². The van der Waals surface area contributed by atoms with E-state index >= 15 is 0 Å². The van der Waals surface area contributed by atoms with Gasteiger partial charge in [-0.25, -0.2) is 4.79 Å². The summed E-state index contributed by atoms with van der Waals surface area (Å²) in [4.78, 5) is 10.3. The summed E-state index contributed by atoms with van der Waals surface area (Å²) in [5.74, 6) is 2.84. The molecule has 0 aromatic heterocycles. The summed E-state index contributed by atoms with van der Waals surface area (Å²) in [6, 6.07) is 0. The van der Waals surface area contributed by atoms with Crippen LogP contribution in [0.15, 0.2) is 0 Å². The highest BCUT2D eigenvalue weighted by atomic mass is 33.1. The molecule has 5 heteroatoms. The van der Waals surface area contributed by atoms with Gasteiger partial charge in [-0.1, -0.05) is 54.7 Å². The predicted octanol–water partition coefficient (Wildman–Crippen LogP) is 3.68. The van der Waals surface area contributed by atoms with Gasteiger partial charge in [0.05, 0.1) is 0 Å². The molecule has 16 heavy (non-hydrogen) atoms. The van der Waals surface area contributed by atoms with Crippen molar-refractivity contribution < 1.29 is 9.53 Å². The van der Waals surface area contributed by atoms with Crippen molar-refractivity contribution in [3.63, 3.8) is 0 Å². The van der Waals surface area contributed by atoms with Crippen LogP contribution in [0.2, 0.25) is 0 Å². The lowest BCUT2D eigenvalue weighted by atomic mass is 10.0. The van der Waals surface area contributed by atoms with Crippen molar-refractivity contribution >= 4 is 27.7 Å². The smallest absolute Gasteiger partial charge is 0.404 e. The number of amides is 1. The third-order valence-electron chi connectivity index (χ3n) is 2.34. The zero-order chi connectivity index (χ0) is 12.2. The van der Waals surface area contributed by atoms with E-state index < -0.39 is 6.09 Å². The van der Waals surface area contributed by atoms with Crippen LogP contribution in [0.3, 0.4) is 0 Å². The van der Waals surface area contributed by atoms with Gasteiger partial charge >= 0.3 is 6.09 Å². The number of nitrogens with two attached hydrogens (primary N) is 1. The summed E-state index contributed by atoms with van der Waals surface area (Å²) in [6.07, 6.45) is 4.51. The first kappa shape index (κ1) is 16.0. The molecule has 0 unspecified atom stereocenters. The normalized spacial score (nSPS) is 12.4. The lowest BCUT2D eigenvalue weighted by Crippen LogP contribution is -2.14. The van der Waals surface area contributed by atoms with Crippen molar-refractivity contribution in [2.75, 3.05) is 18.1 Å². The third-order valence-corrected chi connectivity index (χ3v) is 4.86. The summed E-state index contributed by atoms with van der Waals surface area (Å²) in [7, 11) is 3.63. The summed E-state index contributed by atoms with van der Waals surface area (Å²) in [5, 5.41) is 0. The van der Waals surface area contributed by atoms with Gasteiger partial charge in [-0.2, -0.15) is 0 Å². The summed E-state index contributed by atoms with van der Waals surface area (Å²) >= 11 is 0. The highest BCUT2D eigenvalue weighted by Gasteiger charge is 2.05. The molecule has 0 saturated heterocycles. The van der Waals surface area contributed by atoms with Crippen LogP contribution in [0.4, 0.5) is 4.79 Å². The molecule has 2 N–H and O–H groups in total. The lowest BCUT2D eigenvalue weighted by Gasteiger charge is -2.12. The molecular weight excluding hydrogens is 242 g/mol. The van der Waals surface area contributed by atoms with Gasteiger partial charge in [-0.3, -0.25) is 0 Å². The average Bonchev–Trinajstić information content (AvgIpc) is 2.26. The molecule has 0 rings (SSSR count). The SMILES string of the molecule is CCCC[C@H](CC)CSSCCOC(N)=O. The Hall–Kier alpha value is -0.0300. The molecule has 96 valence electrons. The van der Waals surface area contributed by atoms with Crippen LogP contribution in [0.1, 0.15) is 39.5 Å². The van der Waals surface area contributed by atoms with Crippen LogP contribution in [-0.4, -0.2) is 24.2 Å². The minimum absolute atomic E-state index is 0.415. The van der Waals surface area contributed by atoms with Crippen LogP contribution in [-0.2, 0) is 4.74 Å². The number of carbonyl (C=O) groups is 1. The van der Waals surface area contributed by atoms with E-state index in [1.807, 2.05) is 10.8 Å². The maximum absolute atomic E-state index is 10.3. The number of hydrogen-bond acceptors (Lipinski definition) is 4. The van der Waals surface area contributed by atoms with Crippen molar-refractivity contribution in [3.8, 4) is 0 Å². The monoisotopic (exact) mass is 265 g/mol. The number of primary amides is 1. The molecule has 0 aliphatic rings. The second kappa shape index (κ2) is 11.5. The second-order valence-corrected chi connectivity index (χ2v) is 6.32. The predicted molar refractivity (Wildman–Crippen MR) is 73.8 cm³/mol. The Labute approximate surface area is 107 Å². The minimum atomic E-state index is -0.681. The first-order chi connectivity index (χ1) is 7.70. The molecule has 0 heterocycles. The van der Waals surface area contributed by atoms with E-state index in [9.17, 15) is 4.79 Å². The van der Waals surface area contributed by atoms with Gasteiger partial charge < -0.3 is 10.5 Å². The molecule has 3 nitrogen and oxygen atoms in total. The Morgan fingerprint density at radius 1 is 1.38 bits per heavy atom. The van der Waals surface area contributed by atoms with Crippen molar-refractivity contribution in [2.24, 2.45) is 11.7 Å². The molecule has 0 aromatic carbocycles. The molecule has 0 radical (unpaired) electrons. The van der Waals surface area contributed by atoms with E-state index in [1.165, 1.54) is 31.4 Å². The standard InChI is InChI=1S/C11H23NO2S2/c1-3-5-6-10(4-2)9-16-15-8-7-14-11(12)13/h10H,3-9H2,1-2H3,(H2,12,13)/t10-/m0/s1. The zero-order valence-electron chi connectivity index (χ0n) is 10.2. The van der Waals surface area contributed by atoms with Gasteiger partial charge in [-0.15, -0.1) is 0 Å². The molecule has 1 atom stereocenters. The van der Waals surface area contributed by atoms with Crippen LogP contribution >= 0.6 is 21.6 Å². The molecule has 0 saturated carbocycles. The van der Waals surface area contributed by atoms with E-state index in [0.29, 0.717) is 6.61 Å². The molecule has 0 fully saturated rings. The van der Waals surface area contributed by atoms with E-state index in [4.69, 9.17) is 5.73 Å². The highest BCUT2D eigenvalue weighted by molar-refractivity contribution is 8.76. The Morgan fingerprint density at radius 3 is 2.69 bits per heavy atom. The number of hydrogen-bond donors (Lipinski definition) is 1. The Kier molecular flexibility index (Phi) is 11.4. The summed E-state index contributed by atoms with van der Waals surface area (Å²) in [5.41, 5.74) is 4.85. The average molecular weight is 265 g/mol. The van der Waals surface area contributed by atoms with Crippen LogP contribution in [0, 0.1) is 5.92 Å². The number of unbranched alkanes of at least 4 members (excludes halogenated alkanes) is 1. The maximum atomic E-state index is 10.3. The molecule has 0 bridgehead atoms. The van der Waals surface area contributed by atoms with E-state index in [2.05, 4.69) is 18.6 Å². The Morgan fingerprint density at radius 2 is 2.12 bits per heavy atom. The first-order valence-corrected chi connectivity index (χ1v) is 8.36. The molecule has 0 aliphatic carbocycles. The number of rotatable bonds is 10. The minimum Gasteiger partial charge on any atom is -0.449 e. The summed E-state index contributed by atoms with van der Waals surface area (Å²) < 4.78 is 4.64. The maximum Gasteiger partial charge on any atom is 0.404 e. The summed E-state index contributed by atoms with van der Waals surface area (Å²) in [6.45, 7) is 4.90. The Balaban J connectivity index is 3.30. The van der Waals surface area contributed by atoms with Crippen molar-refractivity contribution in [1.29, 1.82) is 0 Å². The van der Waals surface area contributed by atoms with Gasteiger partial charge in [0.25, 0.3) is 0 Å². The van der Waals surface area contributed by atoms with Crippen molar-refractivity contribution in [1.82, 2.24) is 0 Å². The largest absolute Gasteiger partial charge is 0.449 e. The van der Waals surface area contributed by atoms with E-state index in [0.717, 1.165) is 11.7 Å². The van der Waals surface area contributed by atoms with Crippen LogP contribution in [0.5, 0.6) is 0 Å². The Bertz CT molecular complexity index is 179. The quantitative estimate of drug-likeness (QED) is 0.483. The molecule has 0 aliphatic heterocycles. The fourth-order valence-corrected chi connectivity index (χ4v) is 3.66. The zero-order valence-corrected chi connectivity index (χ0v) is 11.9. The van der Waals surface area contributed by atoms with E-state index in [-0.39, 0.29) is 0 Å². The van der Waals surface area contributed by atoms with Gasteiger partial charge in [0.2, 0.25) is 0 Å². The third kappa shape index (κ3) is 10.5. The van der Waals surface area contributed by atoms with Gasteiger partial charge in [0.15, 0.2) is 0 Å². The van der Waals surface area contributed by atoms with Crippen molar-refractivity contribution in [2.45, 2.75) is 39.5 Å². The second-order valence-electron chi connectivity index (χ2n) is 3.69. The topological polar surface area (TPSA) is 52.3 Å². The lowest BCUT2D eigenvalue weighted by molar-refractivity contribution is 0.164. The molecule has 0 aromatic rings.